The summed E-state index contributed by atoms with van der Waals surface area (Å²) in [6.07, 6.45) is 5.51. The van der Waals surface area contributed by atoms with Crippen molar-refractivity contribution in [1.82, 2.24) is 14.8 Å². The molecule has 0 aromatic carbocycles. The number of nitrogens with zero attached hydrogens (tertiary/aromatic N) is 3. The summed E-state index contributed by atoms with van der Waals surface area (Å²) in [7, 11) is 0. The molecule has 0 radical (unpaired) electrons. The van der Waals surface area contributed by atoms with Crippen molar-refractivity contribution in [2.24, 2.45) is 0 Å². The van der Waals surface area contributed by atoms with Gasteiger partial charge in [-0.05, 0) is 55.3 Å². The summed E-state index contributed by atoms with van der Waals surface area (Å²) >= 11 is 1.48. The van der Waals surface area contributed by atoms with Crippen LogP contribution in [0.3, 0.4) is 0 Å². The minimum absolute atomic E-state index is 0.0112. The van der Waals surface area contributed by atoms with Crippen molar-refractivity contribution < 1.29 is 14.3 Å². The van der Waals surface area contributed by atoms with Gasteiger partial charge in [0.05, 0.1) is 11.4 Å². The van der Waals surface area contributed by atoms with Crippen LogP contribution in [0.25, 0.3) is 0 Å². The minimum atomic E-state index is -0.146. The first kappa shape index (κ1) is 18.9. The number of rotatable bonds is 4. The molecule has 0 saturated carbocycles. The summed E-state index contributed by atoms with van der Waals surface area (Å²) in [5.41, 5.74) is 1.53. The Kier molecular flexibility index (Phi) is 5.62. The van der Waals surface area contributed by atoms with Crippen molar-refractivity contribution in [1.29, 1.82) is 0 Å². The van der Waals surface area contributed by atoms with Gasteiger partial charge in [0, 0.05) is 32.3 Å². The molecule has 2 amide bonds. The van der Waals surface area contributed by atoms with Crippen LogP contribution in [0.4, 0.5) is 0 Å². The normalized spacial score (nSPS) is 19.7. The molecule has 6 nitrogen and oxygen atoms in total. The zero-order valence-electron chi connectivity index (χ0n) is 16.1. The summed E-state index contributed by atoms with van der Waals surface area (Å²) in [6.45, 7) is 4.71. The Hall–Kier alpha value is -2.41. The molecule has 1 atom stereocenters. The Labute approximate surface area is 169 Å². The first-order valence-electron chi connectivity index (χ1n) is 9.88. The van der Waals surface area contributed by atoms with Gasteiger partial charge in [-0.3, -0.25) is 9.59 Å². The second-order valence-electron chi connectivity index (χ2n) is 7.42. The van der Waals surface area contributed by atoms with Crippen LogP contribution in [0, 0.1) is 6.92 Å². The van der Waals surface area contributed by atoms with Crippen molar-refractivity contribution in [2.75, 3.05) is 26.2 Å². The lowest BCUT2D eigenvalue weighted by atomic mass is 10.1. The van der Waals surface area contributed by atoms with E-state index in [1.54, 1.807) is 18.3 Å². The molecule has 2 saturated heterocycles. The van der Waals surface area contributed by atoms with E-state index in [0.717, 1.165) is 42.8 Å². The largest absolute Gasteiger partial charge is 0.472 e. The Morgan fingerprint density at radius 1 is 1.11 bits per heavy atom. The van der Waals surface area contributed by atoms with Gasteiger partial charge >= 0.3 is 0 Å². The van der Waals surface area contributed by atoms with E-state index in [1.165, 1.54) is 17.8 Å². The molecule has 148 valence electrons. The standard InChI is InChI=1S/C21H25N3O3S/c1-15-8-13-28-18(15)21(26)24-12-7-16(14-24)27-19-17(6-5-9-22-19)20(25)23-10-3-2-4-11-23/h5-6,8-9,13,16H,2-4,7,10-12,14H2,1H3. The molecular formula is C21H25N3O3S. The number of piperidine rings is 1. The molecule has 2 aliphatic rings. The topological polar surface area (TPSA) is 62.7 Å². The molecule has 7 heteroatoms. The van der Waals surface area contributed by atoms with E-state index in [-0.39, 0.29) is 17.9 Å². The van der Waals surface area contributed by atoms with Gasteiger partial charge in [-0.15, -0.1) is 11.3 Å². The highest BCUT2D eigenvalue weighted by Gasteiger charge is 2.31. The van der Waals surface area contributed by atoms with Crippen LogP contribution in [0.2, 0.25) is 0 Å². The van der Waals surface area contributed by atoms with E-state index in [9.17, 15) is 9.59 Å². The SMILES string of the molecule is Cc1ccsc1C(=O)N1CCC(Oc2ncccc2C(=O)N2CCCCC2)C1. The van der Waals surface area contributed by atoms with Crippen LogP contribution in [0.1, 0.15) is 51.3 Å². The summed E-state index contributed by atoms with van der Waals surface area (Å²) in [4.78, 5) is 34.4. The van der Waals surface area contributed by atoms with Crippen LogP contribution in [-0.4, -0.2) is 58.9 Å². The third-order valence-electron chi connectivity index (χ3n) is 5.41. The number of carbonyl (C=O) groups is 2. The van der Waals surface area contributed by atoms with E-state index in [2.05, 4.69) is 4.98 Å². The number of amides is 2. The second-order valence-corrected chi connectivity index (χ2v) is 8.34. The van der Waals surface area contributed by atoms with Gasteiger partial charge in [-0.2, -0.15) is 0 Å². The van der Waals surface area contributed by atoms with Crippen molar-refractivity contribution >= 4 is 23.2 Å². The maximum Gasteiger partial charge on any atom is 0.264 e. The number of aryl methyl sites for hydroxylation is 1. The Balaban J connectivity index is 1.43. The zero-order chi connectivity index (χ0) is 19.5. The summed E-state index contributed by atoms with van der Waals surface area (Å²) in [5.74, 6) is 0.428. The highest BCUT2D eigenvalue weighted by Crippen LogP contribution is 2.25. The summed E-state index contributed by atoms with van der Waals surface area (Å²) in [5, 5.41) is 1.94. The molecule has 2 aromatic rings. The molecule has 0 aliphatic carbocycles. The van der Waals surface area contributed by atoms with Gasteiger partial charge in [0.2, 0.25) is 5.88 Å². The average Bonchev–Trinajstić information content (AvgIpc) is 3.37. The Bertz CT molecular complexity index is 860. The third-order valence-corrected chi connectivity index (χ3v) is 6.42. The molecule has 28 heavy (non-hydrogen) atoms. The third kappa shape index (κ3) is 3.90. The van der Waals surface area contributed by atoms with Gasteiger partial charge in [0.15, 0.2) is 0 Å². The number of hydrogen-bond acceptors (Lipinski definition) is 5. The quantitative estimate of drug-likeness (QED) is 0.791. The van der Waals surface area contributed by atoms with Gasteiger partial charge in [0.25, 0.3) is 11.8 Å². The van der Waals surface area contributed by atoms with Crippen LogP contribution in [0.15, 0.2) is 29.8 Å². The van der Waals surface area contributed by atoms with Crippen molar-refractivity contribution in [3.8, 4) is 5.88 Å². The maximum absolute atomic E-state index is 12.9. The van der Waals surface area contributed by atoms with Crippen LogP contribution >= 0.6 is 11.3 Å². The number of hydrogen-bond donors (Lipinski definition) is 0. The minimum Gasteiger partial charge on any atom is -0.472 e. The lowest BCUT2D eigenvalue weighted by molar-refractivity contribution is 0.0709. The second kappa shape index (κ2) is 8.31. The van der Waals surface area contributed by atoms with Crippen molar-refractivity contribution in [3.63, 3.8) is 0 Å². The number of thiophene rings is 1. The van der Waals surface area contributed by atoms with Crippen LogP contribution in [0.5, 0.6) is 5.88 Å². The molecule has 2 aromatic heterocycles. The molecule has 2 fully saturated rings. The highest BCUT2D eigenvalue weighted by molar-refractivity contribution is 7.12. The predicted octanol–water partition coefficient (Wildman–Crippen LogP) is 3.37. The maximum atomic E-state index is 12.9. The predicted molar refractivity (Wildman–Crippen MR) is 108 cm³/mol. The first-order chi connectivity index (χ1) is 13.6. The zero-order valence-corrected chi connectivity index (χ0v) is 16.9. The number of aromatic nitrogens is 1. The van der Waals surface area contributed by atoms with E-state index in [0.29, 0.717) is 24.5 Å². The lowest BCUT2D eigenvalue weighted by Gasteiger charge is -2.27. The molecule has 4 rings (SSSR count). The van der Waals surface area contributed by atoms with Crippen LogP contribution in [-0.2, 0) is 0 Å². The fraction of sp³-hybridized carbons (Fsp3) is 0.476. The van der Waals surface area contributed by atoms with Crippen molar-refractivity contribution in [2.45, 2.75) is 38.7 Å². The Morgan fingerprint density at radius 2 is 1.93 bits per heavy atom. The van der Waals surface area contributed by atoms with Gasteiger partial charge in [0.1, 0.15) is 11.7 Å². The molecule has 1 unspecified atom stereocenters. The van der Waals surface area contributed by atoms with Gasteiger partial charge < -0.3 is 14.5 Å². The monoisotopic (exact) mass is 399 g/mol. The smallest absolute Gasteiger partial charge is 0.264 e. The molecule has 0 spiro atoms. The summed E-state index contributed by atoms with van der Waals surface area (Å²) in [6, 6.07) is 5.52. The average molecular weight is 400 g/mol. The highest BCUT2D eigenvalue weighted by atomic mass is 32.1. The molecule has 0 bridgehead atoms. The first-order valence-corrected chi connectivity index (χ1v) is 10.8. The number of ether oxygens (including phenoxy) is 1. The van der Waals surface area contributed by atoms with Gasteiger partial charge in [-0.1, -0.05) is 0 Å². The molecule has 4 heterocycles. The number of pyridine rings is 1. The number of likely N-dealkylation sites (tertiary alicyclic amines) is 2. The fourth-order valence-electron chi connectivity index (χ4n) is 3.82. The van der Waals surface area contributed by atoms with Crippen LogP contribution < -0.4 is 4.74 Å². The molecule has 0 N–H and O–H groups in total. The summed E-state index contributed by atoms with van der Waals surface area (Å²) < 4.78 is 6.10. The lowest BCUT2D eigenvalue weighted by Crippen LogP contribution is -2.36. The van der Waals surface area contributed by atoms with E-state index in [4.69, 9.17) is 4.74 Å². The Morgan fingerprint density at radius 3 is 2.68 bits per heavy atom. The van der Waals surface area contributed by atoms with E-state index in [1.807, 2.05) is 28.2 Å². The molecular weight excluding hydrogens is 374 g/mol. The van der Waals surface area contributed by atoms with E-state index >= 15 is 0 Å². The molecule has 2 aliphatic heterocycles. The van der Waals surface area contributed by atoms with E-state index < -0.39 is 0 Å². The fourth-order valence-corrected chi connectivity index (χ4v) is 4.71. The number of carbonyl (C=O) groups excluding carboxylic acids is 2. The van der Waals surface area contributed by atoms with Crippen molar-refractivity contribution in [3.05, 3.63) is 45.8 Å². The van der Waals surface area contributed by atoms with Gasteiger partial charge in [-0.25, -0.2) is 4.98 Å².